The summed E-state index contributed by atoms with van der Waals surface area (Å²) in [7, 11) is -2.94. The molecule has 0 aromatic heterocycles. The summed E-state index contributed by atoms with van der Waals surface area (Å²) in [6, 6.07) is 2.98. The maximum Gasteiger partial charge on any atom is 0.257 e. The fourth-order valence-corrected chi connectivity index (χ4v) is 1.52. The highest BCUT2D eigenvalue weighted by Crippen LogP contribution is 2.33. The molecule has 0 N–H and O–H groups in total. The summed E-state index contributed by atoms with van der Waals surface area (Å²) in [5.41, 5.74) is 0.347. The molecule has 1 aromatic carbocycles. The van der Waals surface area contributed by atoms with Crippen LogP contribution < -0.4 is 0 Å². The lowest BCUT2D eigenvalue weighted by Gasteiger charge is -2.04. The van der Waals surface area contributed by atoms with Crippen molar-refractivity contribution in [2.24, 2.45) is 0 Å². The molecule has 0 unspecified atom stereocenters. The Hall–Kier alpha value is -0.000000000000000167. The predicted molar refractivity (Wildman–Crippen MR) is 56.3 cm³/mol. The first-order valence-electron chi connectivity index (χ1n) is 3.30. The van der Waals surface area contributed by atoms with Gasteiger partial charge in [-0.3, -0.25) is 4.18 Å². The second kappa shape index (κ2) is 5.19. The number of hydrogen-bond donors (Lipinski definition) is 1. The monoisotopic (exact) mass is 273 g/mol. The Morgan fingerprint density at radius 3 is 2.36 bits per heavy atom. The van der Waals surface area contributed by atoms with Crippen molar-refractivity contribution >= 4 is 45.8 Å². The molecule has 1 radical (unpaired) electrons. The standard InChI is InChI=1S/C7H4Cl3O3S/c8-5-2-1-4(3-13-14(11)12)6(9)7(5)10/h1-3,14H. The summed E-state index contributed by atoms with van der Waals surface area (Å²) in [5, 5.41) is 0.600. The Balaban J connectivity index is 2.94. The van der Waals surface area contributed by atoms with E-state index < -0.39 is 11.0 Å². The molecule has 0 amide bonds. The van der Waals surface area contributed by atoms with E-state index in [4.69, 9.17) is 34.8 Å². The first-order valence-corrected chi connectivity index (χ1v) is 5.53. The first-order chi connectivity index (χ1) is 6.52. The van der Waals surface area contributed by atoms with Crippen molar-refractivity contribution < 1.29 is 12.6 Å². The normalized spacial score (nSPS) is 10.9. The second-order valence-corrected chi connectivity index (χ2v) is 4.03. The third-order valence-corrected chi connectivity index (χ3v) is 2.92. The summed E-state index contributed by atoms with van der Waals surface area (Å²) in [4.78, 5) is 0. The van der Waals surface area contributed by atoms with E-state index in [1.165, 1.54) is 12.1 Å². The van der Waals surface area contributed by atoms with Crippen molar-refractivity contribution in [3.05, 3.63) is 39.4 Å². The molecule has 0 atom stereocenters. The average Bonchev–Trinajstić information content (AvgIpc) is 2.13. The number of halogens is 3. The van der Waals surface area contributed by atoms with Gasteiger partial charge >= 0.3 is 0 Å². The lowest BCUT2D eigenvalue weighted by Crippen LogP contribution is -1.89. The summed E-state index contributed by atoms with van der Waals surface area (Å²) >= 11 is 17.1. The highest BCUT2D eigenvalue weighted by atomic mass is 35.5. The van der Waals surface area contributed by atoms with Crippen molar-refractivity contribution in [3.63, 3.8) is 0 Å². The Morgan fingerprint density at radius 2 is 1.79 bits per heavy atom. The summed E-state index contributed by atoms with van der Waals surface area (Å²) in [6.45, 7) is 0.982. The maximum atomic E-state index is 10.1. The van der Waals surface area contributed by atoms with Crippen molar-refractivity contribution in [2.75, 3.05) is 0 Å². The molecular formula is C7H4Cl3O3S. The summed E-state index contributed by atoms with van der Waals surface area (Å²) in [6.07, 6.45) is 0. The maximum absolute atomic E-state index is 10.1. The Bertz CT molecular complexity index is 409. The fraction of sp³-hybridized carbons (Fsp3) is 0. The van der Waals surface area contributed by atoms with Gasteiger partial charge in [0.05, 0.1) is 15.1 Å². The molecule has 0 aliphatic heterocycles. The molecule has 0 saturated carbocycles. The van der Waals surface area contributed by atoms with Crippen molar-refractivity contribution in [1.82, 2.24) is 0 Å². The molecule has 0 saturated heterocycles. The summed E-state index contributed by atoms with van der Waals surface area (Å²) in [5.74, 6) is 0. The zero-order valence-electron chi connectivity index (χ0n) is 6.54. The van der Waals surface area contributed by atoms with Crippen LogP contribution in [0.25, 0.3) is 0 Å². The van der Waals surface area contributed by atoms with E-state index in [0.717, 1.165) is 6.61 Å². The van der Waals surface area contributed by atoms with Crippen LogP contribution in [0, 0.1) is 6.61 Å². The molecule has 0 spiro atoms. The molecule has 3 nitrogen and oxygen atoms in total. The van der Waals surface area contributed by atoms with Crippen LogP contribution in [0.3, 0.4) is 0 Å². The Labute approximate surface area is 97.7 Å². The van der Waals surface area contributed by atoms with Crippen LogP contribution in [0.4, 0.5) is 0 Å². The van der Waals surface area contributed by atoms with Gasteiger partial charge in [0.25, 0.3) is 11.0 Å². The minimum absolute atomic E-state index is 0.149. The molecule has 77 valence electrons. The van der Waals surface area contributed by atoms with Gasteiger partial charge in [0, 0.05) is 5.56 Å². The van der Waals surface area contributed by atoms with Gasteiger partial charge in [-0.15, -0.1) is 0 Å². The van der Waals surface area contributed by atoms with E-state index in [1.807, 2.05) is 0 Å². The molecule has 0 aliphatic carbocycles. The Kier molecular flexibility index (Phi) is 4.47. The second-order valence-electron chi connectivity index (χ2n) is 2.21. The largest absolute Gasteiger partial charge is 0.261 e. The molecule has 0 fully saturated rings. The molecule has 1 rings (SSSR count). The van der Waals surface area contributed by atoms with E-state index in [0.29, 0.717) is 10.6 Å². The molecule has 14 heavy (non-hydrogen) atoms. The summed E-state index contributed by atoms with van der Waals surface area (Å²) < 4.78 is 24.5. The first kappa shape index (κ1) is 12.1. The molecule has 7 heteroatoms. The Morgan fingerprint density at radius 1 is 1.14 bits per heavy atom. The van der Waals surface area contributed by atoms with E-state index in [9.17, 15) is 8.42 Å². The van der Waals surface area contributed by atoms with E-state index in [1.54, 1.807) is 0 Å². The fourth-order valence-electron chi connectivity index (χ4n) is 0.732. The smallest absolute Gasteiger partial charge is 0.257 e. The van der Waals surface area contributed by atoms with Crippen molar-refractivity contribution in [2.45, 2.75) is 0 Å². The molecule has 0 bridgehead atoms. The zero-order chi connectivity index (χ0) is 10.7. The van der Waals surface area contributed by atoms with E-state index in [2.05, 4.69) is 4.18 Å². The van der Waals surface area contributed by atoms with Crippen LogP contribution in [0.2, 0.25) is 15.1 Å². The third kappa shape index (κ3) is 3.00. The average molecular weight is 275 g/mol. The minimum atomic E-state index is -2.94. The molecular weight excluding hydrogens is 270 g/mol. The van der Waals surface area contributed by atoms with Gasteiger partial charge in [-0.2, -0.15) is 0 Å². The quantitative estimate of drug-likeness (QED) is 0.681. The van der Waals surface area contributed by atoms with E-state index >= 15 is 0 Å². The van der Waals surface area contributed by atoms with Crippen LogP contribution in [0.1, 0.15) is 5.56 Å². The lowest BCUT2D eigenvalue weighted by molar-refractivity contribution is 0.429. The van der Waals surface area contributed by atoms with Gasteiger partial charge in [0.1, 0.15) is 6.61 Å². The van der Waals surface area contributed by atoms with Gasteiger partial charge in [0.15, 0.2) is 0 Å². The van der Waals surface area contributed by atoms with Crippen LogP contribution in [0.5, 0.6) is 0 Å². The lowest BCUT2D eigenvalue weighted by atomic mass is 10.2. The van der Waals surface area contributed by atoms with Crippen molar-refractivity contribution in [1.29, 1.82) is 0 Å². The molecule has 1 aromatic rings. The topological polar surface area (TPSA) is 43.4 Å². The van der Waals surface area contributed by atoms with Gasteiger partial charge in [-0.1, -0.05) is 40.9 Å². The number of benzene rings is 1. The van der Waals surface area contributed by atoms with Crippen molar-refractivity contribution in [3.8, 4) is 0 Å². The van der Waals surface area contributed by atoms with Crippen LogP contribution in [-0.4, -0.2) is 8.42 Å². The van der Waals surface area contributed by atoms with Crippen LogP contribution in [0.15, 0.2) is 12.1 Å². The van der Waals surface area contributed by atoms with Crippen LogP contribution in [-0.2, 0) is 15.2 Å². The predicted octanol–water partition coefficient (Wildman–Crippen LogP) is 2.70. The van der Waals surface area contributed by atoms with Crippen LogP contribution >= 0.6 is 34.8 Å². The number of thiol groups is 1. The SMILES string of the molecule is O=[SH](=O)O[CH]c1ccc(Cl)c(Cl)c1Cl. The number of hydrogen-bond acceptors (Lipinski definition) is 3. The minimum Gasteiger partial charge on any atom is -0.261 e. The van der Waals surface area contributed by atoms with E-state index in [-0.39, 0.29) is 10.0 Å². The highest BCUT2D eigenvalue weighted by molar-refractivity contribution is 7.67. The van der Waals surface area contributed by atoms with Gasteiger partial charge < -0.3 is 0 Å². The highest BCUT2D eigenvalue weighted by Gasteiger charge is 2.09. The van der Waals surface area contributed by atoms with Gasteiger partial charge in [0.2, 0.25) is 0 Å². The third-order valence-electron chi connectivity index (χ3n) is 1.33. The van der Waals surface area contributed by atoms with Gasteiger partial charge in [-0.25, -0.2) is 8.42 Å². The molecule has 0 heterocycles. The number of rotatable bonds is 3. The zero-order valence-corrected chi connectivity index (χ0v) is 9.70. The molecule has 0 aliphatic rings. The van der Waals surface area contributed by atoms with Gasteiger partial charge in [-0.05, 0) is 6.07 Å².